The molecule has 0 bridgehead atoms. The molecule has 18 heavy (non-hydrogen) atoms. The van der Waals surface area contributed by atoms with Crippen LogP contribution in [-0.2, 0) is 6.54 Å². The molecule has 3 rings (SSSR count). The molecule has 0 aliphatic rings. The normalized spacial score (nSPS) is 10.9. The van der Waals surface area contributed by atoms with E-state index in [2.05, 4.69) is 16.0 Å². The maximum atomic E-state index is 5.62. The molecule has 0 saturated heterocycles. The van der Waals surface area contributed by atoms with Crippen LogP contribution < -0.4 is 5.73 Å². The lowest BCUT2D eigenvalue weighted by Gasteiger charge is -1.99. The number of hydrogen-bond donors (Lipinski definition) is 1. The second-order valence-electron chi connectivity index (χ2n) is 3.76. The van der Waals surface area contributed by atoms with Crippen LogP contribution in [0.4, 0.5) is 0 Å². The highest BCUT2D eigenvalue weighted by atomic mass is 32.2. The molecule has 0 radical (unpaired) electrons. The minimum Gasteiger partial charge on any atom is -0.326 e. The van der Waals surface area contributed by atoms with Gasteiger partial charge >= 0.3 is 0 Å². The summed E-state index contributed by atoms with van der Waals surface area (Å²) in [6.45, 7) is 0.538. The molecule has 0 fully saturated rings. The van der Waals surface area contributed by atoms with E-state index < -0.39 is 0 Å². The van der Waals surface area contributed by atoms with Gasteiger partial charge < -0.3 is 5.73 Å². The van der Waals surface area contributed by atoms with Crippen molar-refractivity contribution >= 4 is 33.3 Å². The van der Waals surface area contributed by atoms with Crippen LogP contribution in [0.25, 0.3) is 10.2 Å². The van der Waals surface area contributed by atoms with Crippen LogP contribution in [0.15, 0.2) is 52.0 Å². The van der Waals surface area contributed by atoms with Crippen LogP contribution in [-0.4, -0.2) is 9.97 Å². The average Bonchev–Trinajstić information content (AvgIpc) is 2.81. The Balaban J connectivity index is 1.91. The van der Waals surface area contributed by atoms with E-state index in [0.29, 0.717) is 6.54 Å². The van der Waals surface area contributed by atoms with E-state index in [-0.39, 0.29) is 0 Å². The maximum Gasteiger partial charge on any atom is 0.157 e. The van der Waals surface area contributed by atoms with Gasteiger partial charge in [-0.1, -0.05) is 12.1 Å². The van der Waals surface area contributed by atoms with Gasteiger partial charge in [-0.05, 0) is 41.6 Å². The molecular weight excluding hydrogens is 262 g/mol. The van der Waals surface area contributed by atoms with E-state index >= 15 is 0 Å². The Bertz CT molecular complexity index is 646. The fourth-order valence-corrected chi connectivity index (χ4v) is 3.65. The molecule has 90 valence electrons. The summed E-state index contributed by atoms with van der Waals surface area (Å²) in [5.74, 6) is 0. The monoisotopic (exact) mass is 273 g/mol. The summed E-state index contributed by atoms with van der Waals surface area (Å²) in [6.07, 6.45) is 1.79. The number of benzene rings is 1. The molecule has 0 spiro atoms. The molecule has 3 nitrogen and oxygen atoms in total. The van der Waals surface area contributed by atoms with Crippen molar-refractivity contribution in [2.75, 3.05) is 0 Å². The van der Waals surface area contributed by atoms with E-state index in [9.17, 15) is 0 Å². The molecule has 3 aromatic rings. The van der Waals surface area contributed by atoms with E-state index in [1.165, 1.54) is 4.70 Å². The third-order valence-electron chi connectivity index (χ3n) is 2.50. The summed E-state index contributed by atoms with van der Waals surface area (Å²) in [5, 5.41) is 0.942. The molecule has 0 aliphatic heterocycles. The number of pyridine rings is 1. The van der Waals surface area contributed by atoms with Crippen molar-refractivity contribution in [3.05, 3.63) is 48.2 Å². The zero-order valence-corrected chi connectivity index (χ0v) is 11.2. The Hall–Kier alpha value is -1.43. The zero-order valence-electron chi connectivity index (χ0n) is 9.54. The zero-order chi connectivity index (χ0) is 12.4. The van der Waals surface area contributed by atoms with Crippen LogP contribution in [0.3, 0.4) is 0 Å². The molecule has 5 heteroatoms. The van der Waals surface area contributed by atoms with Crippen LogP contribution in [0.2, 0.25) is 0 Å². The van der Waals surface area contributed by atoms with Gasteiger partial charge in [0.25, 0.3) is 0 Å². The number of para-hydroxylation sites is 1. The molecule has 0 unspecified atom stereocenters. The molecule has 2 heterocycles. The van der Waals surface area contributed by atoms with Crippen molar-refractivity contribution in [2.45, 2.75) is 15.9 Å². The minimum atomic E-state index is 0.538. The molecule has 0 aliphatic carbocycles. The summed E-state index contributed by atoms with van der Waals surface area (Å²) >= 11 is 3.27. The van der Waals surface area contributed by atoms with Gasteiger partial charge in [0.2, 0.25) is 0 Å². The third-order valence-corrected chi connectivity index (χ3v) is 4.53. The van der Waals surface area contributed by atoms with Gasteiger partial charge in [-0.15, -0.1) is 11.3 Å². The molecule has 1 aromatic carbocycles. The van der Waals surface area contributed by atoms with Crippen LogP contribution in [0, 0.1) is 0 Å². The summed E-state index contributed by atoms with van der Waals surface area (Å²) in [7, 11) is 0. The quantitative estimate of drug-likeness (QED) is 0.795. The van der Waals surface area contributed by atoms with Crippen LogP contribution in [0.5, 0.6) is 0 Å². The highest BCUT2D eigenvalue weighted by molar-refractivity contribution is 8.01. The minimum absolute atomic E-state index is 0.538. The fraction of sp³-hybridized carbons (Fsp3) is 0.0769. The summed E-state index contributed by atoms with van der Waals surface area (Å²) in [4.78, 5) is 8.90. The third kappa shape index (κ3) is 2.38. The van der Waals surface area contributed by atoms with E-state index in [1.807, 2.05) is 30.3 Å². The van der Waals surface area contributed by atoms with Crippen molar-refractivity contribution in [1.82, 2.24) is 9.97 Å². The molecule has 2 N–H and O–H groups in total. The van der Waals surface area contributed by atoms with Gasteiger partial charge in [-0.3, -0.25) is 0 Å². The Morgan fingerprint density at radius 3 is 2.94 bits per heavy atom. The van der Waals surface area contributed by atoms with E-state index in [1.54, 1.807) is 29.3 Å². The van der Waals surface area contributed by atoms with Gasteiger partial charge in [0.15, 0.2) is 4.34 Å². The van der Waals surface area contributed by atoms with Crippen LogP contribution >= 0.6 is 23.1 Å². The highest BCUT2D eigenvalue weighted by Gasteiger charge is 2.06. The predicted molar refractivity (Wildman–Crippen MR) is 75.9 cm³/mol. The van der Waals surface area contributed by atoms with Crippen molar-refractivity contribution in [3.63, 3.8) is 0 Å². The Morgan fingerprint density at radius 1 is 1.22 bits per heavy atom. The molecule has 0 atom stereocenters. The lowest BCUT2D eigenvalue weighted by Crippen LogP contribution is -1.96. The largest absolute Gasteiger partial charge is 0.326 e. The predicted octanol–water partition coefficient (Wildman–Crippen LogP) is 3.30. The molecule has 0 amide bonds. The van der Waals surface area contributed by atoms with E-state index in [0.717, 1.165) is 20.4 Å². The van der Waals surface area contributed by atoms with Crippen molar-refractivity contribution in [1.29, 1.82) is 0 Å². The number of thiazole rings is 1. The fourth-order valence-electron chi connectivity index (χ4n) is 1.62. The average molecular weight is 273 g/mol. The summed E-state index contributed by atoms with van der Waals surface area (Å²) < 4.78 is 2.22. The summed E-state index contributed by atoms with van der Waals surface area (Å²) in [6, 6.07) is 12.1. The maximum absolute atomic E-state index is 5.62. The van der Waals surface area contributed by atoms with E-state index in [4.69, 9.17) is 5.73 Å². The number of nitrogens with zero attached hydrogens (tertiary/aromatic N) is 2. The number of aromatic nitrogens is 2. The highest BCUT2D eigenvalue weighted by Crippen LogP contribution is 2.33. The van der Waals surface area contributed by atoms with Crippen molar-refractivity contribution < 1.29 is 0 Å². The molecule has 2 aromatic heterocycles. The first kappa shape index (κ1) is 11.6. The van der Waals surface area contributed by atoms with Crippen molar-refractivity contribution in [3.8, 4) is 0 Å². The second kappa shape index (κ2) is 5.06. The second-order valence-corrected chi connectivity index (χ2v) is 6.05. The Morgan fingerprint density at radius 2 is 2.11 bits per heavy atom. The lowest BCUT2D eigenvalue weighted by atomic mass is 10.3. The first-order valence-corrected chi connectivity index (χ1v) is 7.17. The van der Waals surface area contributed by atoms with Crippen LogP contribution in [0.1, 0.15) is 5.56 Å². The van der Waals surface area contributed by atoms with Gasteiger partial charge in [0.1, 0.15) is 5.03 Å². The number of nitrogens with two attached hydrogens (primary N) is 1. The first-order valence-electron chi connectivity index (χ1n) is 5.53. The standard InChI is InChI=1S/C13H11N3S2/c14-8-9-5-6-15-12(7-9)18-13-16-10-3-1-2-4-11(10)17-13/h1-7H,8,14H2. The molecular formula is C13H11N3S2. The SMILES string of the molecule is NCc1ccnc(Sc2nc3ccccc3s2)c1. The van der Waals surface area contributed by atoms with Gasteiger partial charge in [-0.25, -0.2) is 9.97 Å². The number of fused-ring (bicyclic) bond motifs is 1. The number of hydrogen-bond acceptors (Lipinski definition) is 5. The topological polar surface area (TPSA) is 51.8 Å². The van der Waals surface area contributed by atoms with Gasteiger partial charge in [0.05, 0.1) is 10.2 Å². The van der Waals surface area contributed by atoms with Crippen molar-refractivity contribution in [2.24, 2.45) is 5.73 Å². The lowest BCUT2D eigenvalue weighted by molar-refractivity contribution is 1.02. The van der Waals surface area contributed by atoms with Gasteiger partial charge in [0, 0.05) is 12.7 Å². The first-order chi connectivity index (χ1) is 8.85. The summed E-state index contributed by atoms with van der Waals surface area (Å²) in [5.41, 5.74) is 7.76. The Kier molecular flexibility index (Phi) is 3.27. The Labute approximate surface area is 113 Å². The molecule has 0 saturated carbocycles. The number of rotatable bonds is 3. The smallest absolute Gasteiger partial charge is 0.157 e. The van der Waals surface area contributed by atoms with Gasteiger partial charge in [-0.2, -0.15) is 0 Å².